The molecule has 0 saturated heterocycles. The average molecular weight is 388 g/mol. The highest BCUT2D eigenvalue weighted by atomic mass is 35.5. The summed E-state index contributed by atoms with van der Waals surface area (Å²) >= 11 is 5.91. The highest BCUT2D eigenvalue weighted by Crippen LogP contribution is 2.23. The van der Waals surface area contributed by atoms with Crippen LogP contribution in [-0.2, 0) is 6.61 Å². The molecule has 27 heavy (non-hydrogen) atoms. The lowest BCUT2D eigenvalue weighted by Crippen LogP contribution is -2.29. The minimum Gasteiger partial charge on any atom is -0.486 e. The van der Waals surface area contributed by atoms with Crippen molar-refractivity contribution in [3.63, 3.8) is 0 Å². The second-order valence-corrected chi connectivity index (χ2v) is 6.59. The van der Waals surface area contributed by atoms with E-state index in [1.807, 2.05) is 19.1 Å². The number of halogens is 2. The van der Waals surface area contributed by atoms with E-state index in [0.29, 0.717) is 16.5 Å². The summed E-state index contributed by atoms with van der Waals surface area (Å²) in [5.41, 5.74) is 0.974. The largest absolute Gasteiger partial charge is 0.486 e. The van der Waals surface area contributed by atoms with Crippen molar-refractivity contribution >= 4 is 17.5 Å². The summed E-state index contributed by atoms with van der Waals surface area (Å²) in [6, 6.07) is 16.2. The molecule has 1 heterocycles. The Hall–Kier alpha value is -2.79. The zero-order valence-electron chi connectivity index (χ0n) is 15.0. The zero-order valence-corrected chi connectivity index (χ0v) is 15.7. The fraction of sp³-hybridized carbons (Fsp3) is 0.190. The van der Waals surface area contributed by atoms with E-state index in [1.54, 1.807) is 36.2 Å². The van der Waals surface area contributed by atoms with Crippen LogP contribution in [-0.4, -0.2) is 17.9 Å². The highest BCUT2D eigenvalue weighted by Gasteiger charge is 2.21. The SMILES string of the molecule is CC(c1ccc(Cl)cc1)N(C)C(=O)c1ccc(COc2ccc(F)cc2)o1. The third-order valence-corrected chi connectivity index (χ3v) is 4.57. The van der Waals surface area contributed by atoms with Crippen LogP contribution in [0.2, 0.25) is 5.02 Å². The number of ether oxygens (including phenoxy) is 1. The Bertz CT molecular complexity index is 906. The van der Waals surface area contributed by atoms with Crippen molar-refractivity contribution in [1.82, 2.24) is 4.90 Å². The first-order valence-electron chi connectivity index (χ1n) is 8.44. The van der Waals surface area contributed by atoms with Gasteiger partial charge in [-0.3, -0.25) is 4.79 Å². The molecule has 1 unspecified atom stereocenters. The van der Waals surface area contributed by atoms with Crippen molar-refractivity contribution in [1.29, 1.82) is 0 Å². The molecule has 1 amide bonds. The Morgan fingerprint density at radius 3 is 2.44 bits per heavy atom. The van der Waals surface area contributed by atoms with Gasteiger partial charge in [0, 0.05) is 12.1 Å². The van der Waals surface area contributed by atoms with Gasteiger partial charge in [-0.2, -0.15) is 0 Å². The Labute approximate surface area is 162 Å². The van der Waals surface area contributed by atoms with Crippen molar-refractivity contribution in [3.05, 3.63) is 88.6 Å². The number of hydrogen-bond acceptors (Lipinski definition) is 3. The molecule has 2 aromatic carbocycles. The first kappa shape index (κ1) is 19.0. The molecular weight excluding hydrogens is 369 g/mol. The molecule has 0 N–H and O–H groups in total. The number of furan rings is 1. The van der Waals surface area contributed by atoms with E-state index in [-0.39, 0.29) is 30.1 Å². The summed E-state index contributed by atoms with van der Waals surface area (Å²) in [4.78, 5) is 14.3. The third kappa shape index (κ3) is 4.68. The Morgan fingerprint density at radius 2 is 1.78 bits per heavy atom. The molecule has 0 aliphatic carbocycles. The lowest BCUT2D eigenvalue weighted by molar-refractivity contribution is 0.0706. The van der Waals surface area contributed by atoms with Crippen molar-refractivity contribution in [2.24, 2.45) is 0 Å². The van der Waals surface area contributed by atoms with Crippen LogP contribution in [0.4, 0.5) is 4.39 Å². The van der Waals surface area contributed by atoms with Gasteiger partial charge in [0.2, 0.25) is 0 Å². The molecule has 1 atom stereocenters. The molecule has 3 rings (SSSR count). The molecular formula is C21H19ClFNO3. The minimum absolute atomic E-state index is 0.140. The molecule has 0 bridgehead atoms. The number of benzene rings is 2. The maximum atomic E-state index is 12.9. The van der Waals surface area contributed by atoms with E-state index in [4.69, 9.17) is 20.8 Å². The summed E-state index contributed by atoms with van der Waals surface area (Å²) in [5, 5.41) is 0.650. The van der Waals surface area contributed by atoms with Gasteiger partial charge < -0.3 is 14.1 Å². The fourth-order valence-electron chi connectivity index (χ4n) is 2.57. The van der Waals surface area contributed by atoms with E-state index < -0.39 is 0 Å². The van der Waals surface area contributed by atoms with Crippen LogP contribution in [0.15, 0.2) is 65.1 Å². The fourth-order valence-corrected chi connectivity index (χ4v) is 2.70. The smallest absolute Gasteiger partial charge is 0.289 e. The van der Waals surface area contributed by atoms with E-state index in [9.17, 15) is 9.18 Å². The topological polar surface area (TPSA) is 42.7 Å². The van der Waals surface area contributed by atoms with Crippen molar-refractivity contribution < 1.29 is 18.3 Å². The number of carbonyl (C=O) groups excluding carboxylic acids is 1. The van der Waals surface area contributed by atoms with Gasteiger partial charge in [-0.05, 0) is 61.0 Å². The standard InChI is InChI=1S/C21H19ClFNO3/c1-14(15-3-5-16(22)6-4-15)24(2)21(25)20-12-11-19(27-20)13-26-18-9-7-17(23)8-10-18/h3-12,14H,13H2,1-2H3. The third-order valence-electron chi connectivity index (χ3n) is 4.32. The van der Waals surface area contributed by atoms with Gasteiger partial charge in [-0.25, -0.2) is 4.39 Å². The molecule has 6 heteroatoms. The molecule has 0 radical (unpaired) electrons. The van der Waals surface area contributed by atoms with Crippen LogP contribution in [0.1, 0.15) is 34.8 Å². The van der Waals surface area contributed by atoms with E-state index in [1.165, 1.54) is 24.3 Å². The van der Waals surface area contributed by atoms with Crippen LogP contribution < -0.4 is 4.74 Å². The molecule has 140 valence electrons. The lowest BCUT2D eigenvalue weighted by Gasteiger charge is -2.24. The summed E-state index contributed by atoms with van der Waals surface area (Å²) in [6.07, 6.45) is 0. The van der Waals surface area contributed by atoms with E-state index in [0.717, 1.165) is 5.56 Å². The molecule has 0 saturated carbocycles. The van der Waals surface area contributed by atoms with Crippen LogP contribution in [0.25, 0.3) is 0 Å². The number of amides is 1. The van der Waals surface area contributed by atoms with Gasteiger partial charge in [0.05, 0.1) is 6.04 Å². The maximum Gasteiger partial charge on any atom is 0.289 e. The maximum absolute atomic E-state index is 12.9. The Balaban J connectivity index is 1.63. The quantitative estimate of drug-likeness (QED) is 0.562. The van der Waals surface area contributed by atoms with Crippen LogP contribution in [0, 0.1) is 5.82 Å². The predicted molar refractivity (Wildman–Crippen MR) is 101 cm³/mol. The molecule has 0 aliphatic heterocycles. The van der Waals surface area contributed by atoms with Gasteiger partial charge in [0.15, 0.2) is 5.76 Å². The minimum atomic E-state index is -0.328. The van der Waals surface area contributed by atoms with Crippen LogP contribution in [0.5, 0.6) is 5.75 Å². The Morgan fingerprint density at radius 1 is 1.11 bits per heavy atom. The normalized spacial score (nSPS) is 11.9. The molecule has 0 spiro atoms. The second-order valence-electron chi connectivity index (χ2n) is 6.15. The summed E-state index contributed by atoms with van der Waals surface area (Å²) in [7, 11) is 1.72. The Kier molecular flexibility index (Phi) is 5.81. The number of rotatable bonds is 6. The summed E-state index contributed by atoms with van der Waals surface area (Å²) < 4.78 is 24.0. The van der Waals surface area contributed by atoms with Gasteiger partial charge in [0.1, 0.15) is 23.9 Å². The second kappa shape index (κ2) is 8.27. The zero-order chi connectivity index (χ0) is 19.4. The molecule has 4 nitrogen and oxygen atoms in total. The summed E-state index contributed by atoms with van der Waals surface area (Å²) in [6.45, 7) is 2.08. The summed E-state index contributed by atoms with van der Waals surface area (Å²) in [5.74, 6) is 0.706. The van der Waals surface area contributed by atoms with Gasteiger partial charge in [0.25, 0.3) is 5.91 Å². The van der Waals surface area contributed by atoms with Gasteiger partial charge >= 0.3 is 0 Å². The van der Waals surface area contributed by atoms with E-state index >= 15 is 0 Å². The number of hydrogen-bond donors (Lipinski definition) is 0. The lowest BCUT2D eigenvalue weighted by atomic mass is 10.1. The predicted octanol–water partition coefficient (Wildman–Crippen LogP) is 5.48. The molecule has 0 fully saturated rings. The first-order valence-corrected chi connectivity index (χ1v) is 8.81. The van der Waals surface area contributed by atoms with E-state index in [2.05, 4.69) is 0 Å². The van der Waals surface area contributed by atoms with Gasteiger partial charge in [-0.15, -0.1) is 0 Å². The molecule has 1 aromatic heterocycles. The van der Waals surface area contributed by atoms with Gasteiger partial charge in [-0.1, -0.05) is 23.7 Å². The first-order chi connectivity index (χ1) is 12.9. The van der Waals surface area contributed by atoms with Crippen molar-refractivity contribution in [3.8, 4) is 5.75 Å². The van der Waals surface area contributed by atoms with Crippen LogP contribution >= 0.6 is 11.6 Å². The monoisotopic (exact) mass is 387 g/mol. The van der Waals surface area contributed by atoms with Crippen LogP contribution in [0.3, 0.4) is 0 Å². The highest BCUT2D eigenvalue weighted by molar-refractivity contribution is 6.30. The molecule has 3 aromatic rings. The van der Waals surface area contributed by atoms with Crippen molar-refractivity contribution in [2.45, 2.75) is 19.6 Å². The number of nitrogens with zero attached hydrogens (tertiary/aromatic N) is 1. The average Bonchev–Trinajstić information content (AvgIpc) is 3.15. The molecule has 0 aliphatic rings. The van der Waals surface area contributed by atoms with Crippen molar-refractivity contribution in [2.75, 3.05) is 7.05 Å². The number of carbonyl (C=O) groups is 1.